The maximum atomic E-state index is 12.2. The first-order chi connectivity index (χ1) is 9.11. The van der Waals surface area contributed by atoms with Crippen molar-refractivity contribution in [2.45, 2.75) is 26.3 Å². The van der Waals surface area contributed by atoms with Crippen molar-refractivity contribution in [3.63, 3.8) is 0 Å². The van der Waals surface area contributed by atoms with E-state index in [9.17, 15) is 4.79 Å². The molecule has 4 nitrogen and oxygen atoms in total. The standard InChI is InChI=1S/C15H22N2O2/c1-10(8-16)11(2)17-15(18)13-7-12-5-3-4-6-14(12)19-9-13/h3-6,10-11,13H,7-9,16H2,1-2H3,(H,17,18). The molecule has 1 heterocycles. The third-order valence-corrected chi connectivity index (χ3v) is 3.85. The van der Waals surface area contributed by atoms with Crippen LogP contribution in [0.4, 0.5) is 0 Å². The van der Waals surface area contributed by atoms with E-state index in [-0.39, 0.29) is 23.8 Å². The van der Waals surface area contributed by atoms with Gasteiger partial charge in [0, 0.05) is 6.04 Å². The van der Waals surface area contributed by atoms with Gasteiger partial charge in [-0.25, -0.2) is 0 Å². The number of carbonyl (C=O) groups excluding carboxylic acids is 1. The van der Waals surface area contributed by atoms with Crippen LogP contribution >= 0.6 is 0 Å². The van der Waals surface area contributed by atoms with E-state index in [1.807, 2.05) is 38.1 Å². The Hall–Kier alpha value is -1.55. The zero-order chi connectivity index (χ0) is 13.8. The molecule has 19 heavy (non-hydrogen) atoms. The molecule has 0 aliphatic carbocycles. The van der Waals surface area contributed by atoms with Gasteiger partial charge in [0.2, 0.25) is 5.91 Å². The van der Waals surface area contributed by atoms with Crippen molar-refractivity contribution in [2.75, 3.05) is 13.2 Å². The third kappa shape index (κ3) is 3.26. The lowest BCUT2D eigenvalue weighted by atomic mass is 9.95. The Morgan fingerprint density at radius 3 is 2.95 bits per heavy atom. The van der Waals surface area contributed by atoms with Crippen LogP contribution in [0.15, 0.2) is 24.3 Å². The van der Waals surface area contributed by atoms with Gasteiger partial charge < -0.3 is 15.8 Å². The number of ether oxygens (including phenoxy) is 1. The minimum absolute atomic E-state index is 0.0577. The predicted octanol–water partition coefficient (Wildman–Crippen LogP) is 1.34. The molecule has 1 aliphatic rings. The first-order valence-electron chi connectivity index (χ1n) is 6.83. The van der Waals surface area contributed by atoms with Gasteiger partial charge in [-0.1, -0.05) is 25.1 Å². The molecule has 1 aliphatic heterocycles. The average Bonchev–Trinajstić information content (AvgIpc) is 2.45. The second kappa shape index (κ2) is 6.06. The van der Waals surface area contributed by atoms with E-state index in [4.69, 9.17) is 10.5 Å². The van der Waals surface area contributed by atoms with Crippen LogP contribution in [0.1, 0.15) is 19.4 Å². The summed E-state index contributed by atoms with van der Waals surface area (Å²) in [4.78, 5) is 12.2. The Balaban J connectivity index is 1.95. The highest BCUT2D eigenvalue weighted by Gasteiger charge is 2.27. The summed E-state index contributed by atoms with van der Waals surface area (Å²) >= 11 is 0. The topological polar surface area (TPSA) is 64.3 Å². The maximum Gasteiger partial charge on any atom is 0.227 e. The van der Waals surface area contributed by atoms with E-state index in [1.54, 1.807) is 0 Å². The number of rotatable bonds is 4. The van der Waals surface area contributed by atoms with E-state index in [2.05, 4.69) is 5.32 Å². The van der Waals surface area contributed by atoms with Crippen LogP contribution < -0.4 is 15.8 Å². The highest BCUT2D eigenvalue weighted by Crippen LogP contribution is 2.26. The molecule has 0 spiro atoms. The molecule has 1 amide bonds. The summed E-state index contributed by atoms with van der Waals surface area (Å²) < 4.78 is 5.64. The van der Waals surface area contributed by atoms with Crippen LogP contribution in [-0.2, 0) is 11.2 Å². The summed E-state index contributed by atoms with van der Waals surface area (Å²) in [5.41, 5.74) is 6.72. The lowest BCUT2D eigenvalue weighted by Gasteiger charge is -2.27. The number of para-hydroxylation sites is 1. The molecule has 0 fully saturated rings. The fourth-order valence-electron chi connectivity index (χ4n) is 2.19. The second-order valence-corrected chi connectivity index (χ2v) is 5.33. The molecule has 0 radical (unpaired) electrons. The summed E-state index contributed by atoms with van der Waals surface area (Å²) in [7, 11) is 0. The molecule has 0 bridgehead atoms. The minimum Gasteiger partial charge on any atom is -0.492 e. The third-order valence-electron chi connectivity index (χ3n) is 3.85. The number of benzene rings is 1. The van der Waals surface area contributed by atoms with Crippen molar-refractivity contribution in [1.29, 1.82) is 0 Å². The summed E-state index contributed by atoms with van der Waals surface area (Å²) in [5, 5.41) is 3.03. The molecule has 1 aromatic carbocycles. The normalized spacial score (nSPS) is 20.9. The Morgan fingerprint density at radius 2 is 2.21 bits per heavy atom. The van der Waals surface area contributed by atoms with E-state index in [1.165, 1.54) is 0 Å². The maximum absolute atomic E-state index is 12.2. The van der Waals surface area contributed by atoms with Crippen molar-refractivity contribution in [1.82, 2.24) is 5.32 Å². The van der Waals surface area contributed by atoms with Crippen molar-refractivity contribution in [3.05, 3.63) is 29.8 Å². The average molecular weight is 262 g/mol. The van der Waals surface area contributed by atoms with Crippen LogP contribution in [0.5, 0.6) is 5.75 Å². The van der Waals surface area contributed by atoms with Gasteiger partial charge in [0.15, 0.2) is 0 Å². The van der Waals surface area contributed by atoms with Crippen LogP contribution in [0.2, 0.25) is 0 Å². The van der Waals surface area contributed by atoms with Gasteiger partial charge in [-0.05, 0) is 37.4 Å². The fraction of sp³-hybridized carbons (Fsp3) is 0.533. The van der Waals surface area contributed by atoms with Gasteiger partial charge in [0.1, 0.15) is 12.4 Å². The molecule has 0 aromatic heterocycles. The molecular formula is C15H22N2O2. The lowest BCUT2D eigenvalue weighted by Crippen LogP contribution is -2.45. The molecule has 3 unspecified atom stereocenters. The fourth-order valence-corrected chi connectivity index (χ4v) is 2.19. The van der Waals surface area contributed by atoms with E-state index < -0.39 is 0 Å². The van der Waals surface area contributed by atoms with Gasteiger partial charge in [0.05, 0.1) is 5.92 Å². The number of carbonyl (C=O) groups is 1. The Kier molecular flexibility index (Phi) is 4.43. The van der Waals surface area contributed by atoms with Crippen molar-refractivity contribution < 1.29 is 9.53 Å². The van der Waals surface area contributed by atoms with Gasteiger partial charge in [-0.2, -0.15) is 0 Å². The zero-order valence-corrected chi connectivity index (χ0v) is 11.6. The minimum atomic E-state index is -0.109. The summed E-state index contributed by atoms with van der Waals surface area (Å²) in [6, 6.07) is 7.98. The van der Waals surface area contributed by atoms with Crippen molar-refractivity contribution >= 4 is 5.91 Å². The SMILES string of the molecule is CC(CN)C(C)NC(=O)C1COc2ccccc2C1. The number of nitrogens with one attached hydrogen (secondary N) is 1. The highest BCUT2D eigenvalue weighted by molar-refractivity contribution is 5.79. The Bertz CT molecular complexity index is 448. The lowest BCUT2D eigenvalue weighted by molar-refractivity contribution is -0.127. The van der Waals surface area contributed by atoms with Gasteiger partial charge in [-0.15, -0.1) is 0 Å². The summed E-state index contributed by atoms with van der Waals surface area (Å²) in [6.07, 6.45) is 0.742. The van der Waals surface area contributed by atoms with Crippen LogP contribution in [-0.4, -0.2) is 25.1 Å². The molecule has 2 rings (SSSR count). The Morgan fingerprint density at radius 1 is 1.47 bits per heavy atom. The molecule has 0 saturated heterocycles. The molecule has 0 saturated carbocycles. The first kappa shape index (κ1) is 13.9. The Labute approximate surface area is 114 Å². The molecule has 104 valence electrons. The highest BCUT2D eigenvalue weighted by atomic mass is 16.5. The summed E-state index contributed by atoms with van der Waals surface area (Å²) in [6.45, 7) is 5.06. The number of amides is 1. The largest absolute Gasteiger partial charge is 0.492 e. The van der Waals surface area contributed by atoms with Gasteiger partial charge >= 0.3 is 0 Å². The van der Waals surface area contributed by atoms with Crippen LogP contribution in [0, 0.1) is 11.8 Å². The molecule has 3 atom stereocenters. The second-order valence-electron chi connectivity index (χ2n) is 5.33. The smallest absolute Gasteiger partial charge is 0.227 e. The van der Waals surface area contributed by atoms with E-state index in [0.29, 0.717) is 13.2 Å². The van der Waals surface area contributed by atoms with Crippen LogP contribution in [0.3, 0.4) is 0 Å². The van der Waals surface area contributed by atoms with Gasteiger partial charge in [0.25, 0.3) is 0 Å². The number of fused-ring (bicyclic) bond motifs is 1. The summed E-state index contributed by atoms with van der Waals surface area (Å²) in [5.74, 6) is 1.13. The number of nitrogens with two attached hydrogens (primary N) is 1. The first-order valence-corrected chi connectivity index (χ1v) is 6.83. The van der Waals surface area contributed by atoms with E-state index in [0.717, 1.165) is 17.7 Å². The monoisotopic (exact) mass is 262 g/mol. The number of hydrogen-bond donors (Lipinski definition) is 2. The predicted molar refractivity (Wildman–Crippen MR) is 75.0 cm³/mol. The molecule has 1 aromatic rings. The van der Waals surface area contributed by atoms with Gasteiger partial charge in [-0.3, -0.25) is 4.79 Å². The molecular weight excluding hydrogens is 240 g/mol. The number of hydrogen-bond acceptors (Lipinski definition) is 3. The molecule has 3 N–H and O–H groups in total. The quantitative estimate of drug-likeness (QED) is 0.860. The van der Waals surface area contributed by atoms with Crippen molar-refractivity contribution in [3.8, 4) is 5.75 Å². The molecule has 4 heteroatoms. The zero-order valence-electron chi connectivity index (χ0n) is 11.6. The van der Waals surface area contributed by atoms with Crippen molar-refractivity contribution in [2.24, 2.45) is 17.6 Å². The van der Waals surface area contributed by atoms with E-state index >= 15 is 0 Å². The van der Waals surface area contributed by atoms with Crippen LogP contribution in [0.25, 0.3) is 0 Å².